The van der Waals surface area contributed by atoms with Gasteiger partial charge in [0.1, 0.15) is 5.82 Å². The van der Waals surface area contributed by atoms with E-state index in [0.29, 0.717) is 6.54 Å². The van der Waals surface area contributed by atoms with Gasteiger partial charge in [0.2, 0.25) is 0 Å². The standard InChI is InChI=1S/C17H25FN2O/c1-13-8-9-16(18)15(12-13)17(21)20(11-10-19(2)3)14-6-4-5-7-14/h8-9,12,14H,4-7,10-11H2,1-3H3. The Labute approximate surface area is 126 Å². The van der Waals surface area contributed by atoms with Crippen molar-refractivity contribution in [2.75, 3.05) is 27.2 Å². The molecule has 0 atom stereocenters. The molecule has 1 aromatic rings. The zero-order valence-corrected chi connectivity index (χ0v) is 13.2. The lowest BCUT2D eigenvalue weighted by atomic mass is 10.1. The maximum atomic E-state index is 14.0. The maximum Gasteiger partial charge on any atom is 0.257 e. The highest BCUT2D eigenvalue weighted by Crippen LogP contribution is 2.25. The average Bonchev–Trinajstić information content (AvgIpc) is 2.95. The van der Waals surface area contributed by atoms with Crippen LogP contribution >= 0.6 is 0 Å². The van der Waals surface area contributed by atoms with Gasteiger partial charge in [-0.05, 0) is 46.0 Å². The van der Waals surface area contributed by atoms with Crippen LogP contribution in [0.5, 0.6) is 0 Å². The molecule has 1 aliphatic carbocycles. The van der Waals surface area contributed by atoms with Crippen LogP contribution in [0.2, 0.25) is 0 Å². The highest BCUT2D eigenvalue weighted by atomic mass is 19.1. The summed E-state index contributed by atoms with van der Waals surface area (Å²) in [5, 5.41) is 0. The van der Waals surface area contributed by atoms with E-state index in [4.69, 9.17) is 0 Å². The van der Waals surface area contributed by atoms with Gasteiger partial charge in [-0.25, -0.2) is 4.39 Å². The Morgan fingerprint density at radius 3 is 2.52 bits per heavy atom. The van der Waals surface area contributed by atoms with E-state index >= 15 is 0 Å². The van der Waals surface area contributed by atoms with Gasteiger partial charge in [0.05, 0.1) is 5.56 Å². The number of likely N-dealkylation sites (N-methyl/N-ethyl adjacent to an activating group) is 1. The van der Waals surface area contributed by atoms with E-state index in [1.54, 1.807) is 12.1 Å². The van der Waals surface area contributed by atoms with Gasteiger partial charge in [0.25, 0.3) is 5.91 Å². The summed E-state index contributed by atoms with van der Waals surface area (Å²) in [6.45, 7) is 3.34. The number of hydrogen-bond donors (Lipinski definition) is 0. The molecule has 0 bridgehead atoms. The van der Waals surface area contributed by atoms with Gasteiger partial charge >= 0.3 is 0 Å². The van der Waals surface area contributed by atoms with Crippen LogP contribution in [0.3, 0.4) is 0 Å². The fourth-order valence-corrected chi connectivity index (χ4v) is 2.93. The molecule has 0 N–H and O–H groups in total. The number of halogens is 1. The zero-order valence-electron chi connectivity index (χ0n) is 13.2. The summed E-state index contributed by atoms with van der Waals surface area (Å²) < 4.78 is 14.0. The second-order valence-electron chi connectivity index (χ2n) is 6.22. The number of benzene rings is 1. The average molecular weight is 292 g/mol. The molecule has 0 aromatic heterocycles. The van der Waals surface area contributed by atoms with Gasteiger partial charge < -0.3 is 9.80 Å². The third-order valence-electron chi connectivity index (χ3n) is 4.17. The van der Waals surface area contributed by atoms with Gasteiger partial charge in [-0.1, -0.05) is 24.5 Å². The summed E-state index contributed by atoms with van der Waals surface area (Å²) >= 11 is 0. The molecule has 0 saturated heterocycles. The lowest BCUT2D eigenvalue weighted by molar-refractivity contribution is 0.0663. The van der Waals surface area contributed by atoms with Crippen molar-refractivity contribution in [2.24, 2.45) is 0 Å². The van der Waals surface area contributed by atoms with Crippen molar-refractivity contribution in [1.29, 1.82) is 0 Å². The SMILES string of the molecule is Cc1ccc(F)c(C(=O)N(CCN(C)C)C2CCCC2)c1. The minimum atomic E-state index is -0.418. The van der Waals surface area contributed by atoms with Crippen LogP contribution in [0.25, 0.3) is 0 Å². The van der Waals surface area contributed by atoms with Crippen molar-refractivity contribution in [3.63, 3.8) is 0 Å². The molecular weight excluding hydrogens is 267 g/mol. The Bertz CT molecular complexity index is 496. The Balaban J connectivity index is 2.21. The number of rotatable bonds is 5. The maximum absolute atomic E-state index is 14.0. The van der Waals surface area contributed by atoms with Gasteiger partial charge in [-0.2, -0.15) is 0 Å². The van der Waals surface area contributed by atoms with Gasteiger partial charge in [0.15, 0.2) is 0 Å². The van der Waals surface area contributed by atoms with Crippen molar-refractivity contribution in [1.82, 2.24) is 9.80 Å². The van der Waals surface area contributed by atoms with E-state index in [1.807, 2.05) is 25.9 Å². The summed E-state index contributed by atoms with van der Waals surface area (Å²) in [7, 11) is 3.98. The molecule has 0 spiro atoms. The molecule has 116 valence electrons. The third-order valence-corrected chi connectivity index (χ3v) is 4.17. The number of hydrogen-bond acceptors (Lipinski definition) is 2. The topological polar surface area (TPSA) is 23.6 Å². The largest absolute Gasteiger partial charge is 0.334 e. The highest BCUT2D eigenvalue weighted by Gasteiger charge is 2.28. The summed E-state index contributed by atoms with van der Waals surface area (Å²) in [4.78, 5) is 16.7. The summed E-state index contributed by atoms with van der Waals surface area (Å²) in [6.07, 6.45) is 4.39. The number of carbonyl (C=O) groups is 1. The van der Waals surface area contributed by atoms with E-state index in [2.05, 4.69) is 4.90 Å². The third kappa shape index (κ3) is 4.03. The predicted molar refractivity (Wildman–Crippen MR) is 83.0 cm³/mol. The predicted octanol–water partition coefficient (Wildman–Crippen LogP) is 3.08. The monoisotopic (exact) mass is 292 g/mol. The number of amides is 1. The van der Waals surface area contributed by atoms with Crippen molar-refractivity contribution in [3.8, 4) is 0 Å². The second kappa shape index (κ2) is 7.03. The molecule has 1 aromatic carbocycles. The molecule has 4 heteroatoms. The Kier molecular flexibility index (Phi) is 5.34. The molecule has 1 fully saturated rings. The van der Waals surface area contributed by atoms with Crippen molar-refractivity contribution >= 4 is 5.91 Å². The molecule has 1 amide bonds. The quantitative estimate of drug-likeness (QED) is 0.832. The number of carbonyl (C=O) groups excluding carboxylic acids is 1. The highest BCUT2D eigenvalue weighted by molar-refractivity contribution is 5.95. The lowest BCUT2D eigenvalue weighted by Gasteiger charge is -2.30. The van der Waals surface area contributed by atoms with E-state index in [0.717, 1.165) is 37.8 Å². The molecule has 1 saturated carbocycles. The second-order valence-corrected chi connectivity index (χ2v) is 6.22. The molecule has 0 heterocycles. The first kappa shape index (κ1) is 16.0. The van der Waals surface area contributed by atoms with Crippen LogP contribution in [0.4, 0.5) is 4.39 Å². The molecule has 21 heavy (non-hydrogen) atoms. The normalized spacial score (nSPS) is 15.7. The molecular formula is C17H25FN2O. The van der Waals surface area contributed by atoms with Crippen LogP contribution in [-0.4, -0.2) is 48.9 Å². The van der Waals surface area contributed by atoms with Crippen LogP contribution in [0.15, 0.2) is 18.2 Å². The minimum Gasteiger partial charge on any atom is -0.334 e. The molecule has 2 rings (SSSR count). The van der Waals surface area contributed by atoms with Crippen LogP contribution in [0, 0.1) is 12.7 Å². The van der Waals surface area contributed by atoms with Crippen LogP contribution < -0.4 is 0 Å². The van der Waals surface area contributed by atoms with E-state index in [9.17, 15) is 9.18 Å². The fraction of sp³-hybridized carbons (Fsp3) is 0.588. The first-order chi connectivity index (χ1) is 9.99. The number of aryl methyl sites for hydroxylation is 1. The molecule has 0 aliphatic heterocycles. The number of nitrogens with zero attached hydrogens (tertiary/aromatic N) is 2. The molecule has 1 aliphatic rings. The smallest absolute Gasteiger partial charge is 0.257 e. The molecule has 0 radical (unpaired) electrons. The fourth-order valence-electron chi connectivity index (χ4n) is 2.93. The lowest BCUT2D eigenvalue weighted by Crippen LogP contribution is -2.43. The van der Waals surface area contributed by atoms with E-state index < -0.39 is 5.82 Å². The van der Waals surface area contributed by atoms with Crippen molar-refractivity contribution in [2.45, 2.75) is 38.6 Å². The Morgan fingerprint density at radius 1 is 1.24 bits per heavy atom. The first-order valence-corrected chi connectivity index (χ1v) is 7.71. The van der Waals surface area contributed by atoms with Gasteiger partial charge in [-0.15, -0.1) is 0 Å². The van der Waals surface area contributed by atoms with E-state index in [-0.39, 0.29) is 17.5 Å². The zero-order chi connectivity index (χ0) is 15.4. The van der Waals surface area contributed by atoms with Gasteiger partial charge in [0, 0.05) is 19.1 Å². The minimum absolute atomic E-state index is 0.162. The van der Waals surface area contributed by atoms with E-state index in [1.165, 1.54) is 6.07 Å². The van der Waals surface area contributed by atoms with Crippen LogP contribution in [-0.2, 0) is 0 Å². The summed E-state index contributed by atoms with van der Waals surface area (Å²) in [6, 6.07) is 5.01. The van der Waals surface area contributed by atoms with Crippen LogP contribution in [0.1, 0.15) is 41.6 Å². The summed E-state index contributed by atoms with van der Waals surface area (Å²) in [5.74, 6) is -0.580. The Hall–Kier alpha value is -1.42. The Morgan fingerprint density at radius 2 is 1.90 bits per heavy atom. The first-order valence-electron chi connectivity index (χ1n) is 7.71. The van der Waals surface area contributed by atoms with Crippen molar-refractivity contribution < 1.29 is 9.18 Å². The molecule has 3 nitrogen and oxygen atoms in total. The summed E-state index contributed by atoms with van der Waals surface area (Å²) in [5.41, 5.74) is 1.12. The van der Waals surface area contributed by atoms with Crippen molar-refractivity contribution in [3.05, 3.63) is 35.1 Å². The molecule has 0 unspecified atom stereocenters. The van der Waals surface area contributed by atoms with Gasteiger partial charge in [-0.3, -0.25) is 4.79 Å².